The van der Waals surface area contributed by atoms with Gasteiger partial charge in [-0.3, -0.25) is 9.59 Å². The van der Waals surface area contributed by atoms with E-state index in [1.165, 1.54) is 0 Å². The van der Waals surface area contributed by atoms with Gasteiger partial charge < -0.3 is 10.6 Å². The van der Waals surface area contributed by atoms with Crippen LogP contribution < -0.4 is 10.6 Å². The highest BCUT2D eigenvalue weighted by Crippen LogP contribution is 2.30. The molecule has 0 aromatic heterocycles. The zero-order chi connectivity index (χ0) is 26.6. The van der Waals surface area contributed by atoms with Crippen molar-refractivity contribution >= 4 is 23.2 Å². The molecule has 0 saturated carbocycles. The molecule has 2 amide bonds. The van der Waals surface area contributed by atoms with Crippen LogP contribution in [0.4, 0.5) is 11.4 Å². The highest BCUT2D eigenvalue weighted by molar-refractivity contribution is 6.08. The molecule has 0 bridgehead atoms. The Labute approximate surface area is 216 Å². The number of anilines is 2. The summed E-state index contributed by atoms with van der Waals surface area (Å²) in [4.78, 5) is 26.9. The molecule has 3 aromatic rings. The average molecular weight is 485 g/mol. The Hall–Kier alpha value is -3.40. The molecule has 3 rings (SSSR count). The minimum atomic E-state index is -0.126. The molecule has 0 aliphatic rings. The maximum absolute atomic E-state index is 13.5. The standard InChI is InChI=1S/C32H40N2O2/c1-19(2)25-14-10-15-26(20(3)4)29(25)31(35)33-23-12-9-13-24(18-23)34-32(36)30-27(21(5)6)16-11-17-28(30)22(7)8/h9-22H,1-8H3,(H,33,35)(H,34,36). The molecule has 190 valence electrons. The Bertz CT molecular complexity index is 1090. The summed E-state index contributed by atoms with van der Waals surface area (Å²) in [6.45, 7) is 16.8. The van der Waals surface area contributed by atoms with E-state index in [9.17, 15) is 9.59 Å². The number of rotatable bonds is 8. The van der Waals surface area contributed by atoms with Crippen molar-refractivity contribution in [3.8, 4) is 0 Å². The maximum Gasteiger partial charge on any atom is 0.256 e. The molecule has 0 aliphatic heterocycles. The van der Waals surface area contributed by atoms with Crippen LogP contribution in [0.25, 0.3) is 0 Å². The van der Waals surface area contributed by atoms with Crippen molar-refractivity contribution in [1.29, 1.82) is 0 Å². The SMILES string of the molecule is CC(C)c1cccc(C(C)C)c1C(=O)Nc1cccc(NC(=O)c2c(C(C)C)cccc2C(C)C)c1. The van der Waals surface area contributed by atoms with Gasteiger partial charge in [-0.05, 0) is 64.1 Å². The van der Waals surface area contributed by atoms with Crippen molar-refractivity contribution in [2.45, 2.75) is 79.1 Å². The molecule has 0 radical (unpaired) electrons. The Balaban J connectivity index is 1.90. The average Bonchev–Trinajstić information content (AvgIpc) is 2.82. The number of amides is 2. The quantitative estimate of drug-likeness (QED) is 0.336. The van der Waals surface area contributed by atoms with E-state index in [4.69, 9.17) is 0 Å². The summed E-state index contributed by atoms with van der Waals surface area (Å²) in [5.74, 6) is 0.660. The maximum atomic E-state index is 13.5. The van der Waals surface area contributed by atoms with Crippen LogP contribution in [0.1, 0.15) is 122 Å². The van der Waals surface area contributed by atoms with Crippen LogP contribution in [0.15, 0.2) is 60.7 Å². The van der Waals surface area contributed by atoms with Crippen molar-refractivity contribution < 1.29 is 9.59 Å². The lowest BCUT2D eigenvalue weighted by atomic mass is 9.88. The van der Waals surface area contributed by atoms with Gasteiger partial charge in [-0.1, -0.05) is 97.9 Å². The minimum absolute atomic E-state index is 0.126. The van der Waals surface area contributed by atoms with Gasteiger partial charge in [0.15, 0.2) is 0 Å². The van der Waals surface area contributed by atoms with Gasteiger partial charge in [0.25, 0.3) is 11.8 Å². The van der Waals surface area contributed by atoms with Crippen LogP contribution in [-0.2, 0) is 0 Å². The second kappa shape index (κ2) is 11.6. The van der Waals surface area contributed by atoms with Gasteiger partial charge in [0.1, 0.15) is 0 Å². The molecular weight excluding hydrogens is 444 g/mol. The number of carbonyl (C=O) groups is 2. The molecule has 4 heteroatoms. The first-order valence-electron chi connectivity index (χ1n) is 13.0. The first-order chi connectivity index (χ1) is 17.0. The zero-order valence-electron chi connectivity index (χ0n) is 22.9. The molecule has 0 spiro atoms. The van der Waals surface area contributed by atoms with Crippen molar-refractivity contribution in [1.82, 2.24) is 0 Å². The van der Waals surface area contributed by atoms with Gasteiger partial charge in [0.2, 0.25) is 0 Å². The van der Waals surface area contributed by atoms with Crippen LogP contribution in [0.5, 0.6) is 0 Å². The summed E-state index contributed by atoms with van der Waals surface area (Å²) in [6.07, 6.45) is 0. The van der Waals surface area contributed by atoms with Gasteiger partial charge in [0.05, 0.1) is 0 Å². The number of nitrogens with one attached hydrogen (secondary N) is 2. The van der Waals surface area contributed by atoms with E-state index in [1.54, 1.807) is 0 Å². The molecular formula is C32H40N2O2. The van der Waals surface area contributed by atoms with Crippen molar-refractivity contribution in [2.24, 2.45) is 0 Å². The fourth-order valence-electron chi connectivity index (χ4n) is 4.69. The summed E-state index contributed by atoms with van der Waals surface area (Å²) in [5, 5.41) is 6.14. The van der Waals surface area contributed by atoms with Crippen LogP contribution in [0, 0.1) is 0 Å². The first-order valence-corrected chi connectivity index (χ1v) is 13.0. The monoisotopic (exact) mass is 484 g/mol. The molecule has 0 heterocycles. The fraction of sp³-hybridized carbons (Fsp3) is 0.375. The number of carbonyl (C=O) groups excluding carboxylic acids is 2. The van der Waals surface area contributed by atoms with Crippen LogP contribution in [0.2, 0.25) is 0 Å². The Morgan fingerprint density at radius 3 is 1.06 bits per heavy atom. The summed E-state index contributed by atoms with van der Waals surface area (Å²) in [6, 6.07) is 19.5. The Morgan fingerprint density at radius 2 is 0.778 bits per heavy atom. The fourth-order valence-corrected chi connectivity index (χ4v) is 4.69. The Morgan fingerprint density at radius 1 is 0.500 bits per heavy atom. The molecule has 0 aliphatic carbocycles. The molecule has 4 nitrogen and oxygen atoms in total. The molecule has 0 atom stereocenters. The molecule has 36 heavy (non-hydrogen) atoms. The predicted molar refractivity (Wildman–Crippen MR) is 152 cm³/mol. The largest absolute Gasteiger partial charge is 0.322 e. The van der Waals surface area contributed by atoms with Crippen molar-refractivity contribution in [2.75, 3.05) is 10.6 Å². The second-order valence-corrected chi connectivity index (χ2v) is 10.7. The van der Waals surface area contributed by atoms with Crippen LogP contribution in [-0.4, -0.2) is 11.8 Å². The molecule has 0 unspecified atom stereocenters. The first kappa shape index (κ1) is 27.2. The van der Waals surface area contributed by atoms with E-state index < -0.39 is 0 Å². The van der Waals surface area contributed by atoms with Crippen LogP contribution in [0.3, 0.4) is 0 Å². The second-order valence-electron chi connectivity index (χ2n) is 10.7. The summed E-state index contributed by atoms with van der Waals surface area (Å²) in [5.41, 5.74) is 6.92. The minimum Gasteiger partial charge on any atom is -0.322 e. The third-order valence-electron chi connectivity index (χ3n) is 6.58. The third-order valence-corrected chi connectivity index (χ3v) is 6.58. The molecule has 3 aromatic carbocycles. The number of benzene rings is 3. The molecule has 0 saturated heterocycles. The predicted octanol–water partition coefficient (Wildman–Crippen LogP) is 8.68. The lowest BCUT2D eigenvalue weighted by Crippen LogP contribution is -2.19. The normalized spacial score (nSPS) is 11.4. The summed E-state index contributed by atoms with van der Waals surface area (Å²) in [7, 11) is 0. The number of hydrogen-bond acceptors (Lipinski definition) is 2. The molecule has 0 fully saturated rings. The van der Waals surface area contributed by atoms with Gasteiger partial charge >= 0.3 is 0 Å². The van der Waals surface area contributed by atoms with Crippen molar-refractivity contribution in [3.63, 3.8) is 0 Å². The topological polar surface area (TPSA) is 58.2 Å². The summed E-state index contributed by atoms with van der Waals surface area (Å²) < 4.78 is 0. The number of hydrogen-bond donors (Lipinski definition) is 2. The van der Waals surface area contributed by atoms with E-state index in [-0.39, 0.29) is 35.5 Å². The molecule has 2 N–H and O–H groups in total. The van der Waals surface area contributed by atoms with Gasteiger partial charge in [-0.2, -0.15) is 0 Å². The van der Waals surface area contributed by atoms with E-state index in [2.05, 4.69) is 66.0 Å². The third kappa shape index (κ3) is 6.04. The van der Waals surface area contributed by atoms with Crippen LogP contribution >= 0.6 is 0 Å². The lowest BCUT2D eigenvalue weighted by molar-refractivity contribution is 0.101. The van der Waals surface area contributed by atoms with Gasteiger partial charge in [-0.25, -0.2) is 0 Å². The van der Waals surface area contributed by atoms with E-state index >= 15 is 0 Å². The Kier molecular flexibility index (Phi) is 8.73. The van der Waals surface area contributed by atoms with Gasteiger partial charge in [0, 0.05) is 22.5 Å². The van der Waals surface area contributed by atoms with Crippen molar-refractivity contribution in [3.05, 3.63) is 94.0 Å². The highest BCUT2D eigenvalue weighted by atomic mass is 16.2. The lowest BCUT2D eigenvalue weighted by Gasteiger charge is -2.20. The van der Waals surface area contributed by atoms with E-state index in [0.717, 1.165) is 33.4 Å². The van der Waals surface area contributed by atoms with Gasteiger partial charge in [-0.15, -0.1) is 0 Å². The zero-order valence-corrected chi connectivity index (χ0v) is 22.9. The smallest absolute Gasteiger partial charge is 0.256 e. The van der Waals surface area contributed by atoms with E-state index in [0.29, 0.717) is 11.4 Å². The summed E-state index contributed by atoms with van der Waals surface area (Å²) >= 11 is 0. The highest BCUT2D eigenvalue weighted by Gasteiger charge is 2.22. The van der Waals surface area contributed by atoms with E-state index in [1.807, 2.05) is 60.7 Å².